The Labute approximate surface area is 150 Å². The summed E-state index contributed by atoms with van der Waals surface area (Å²) in [5.74, 6) is 0.551. The van der Waals surface area contributed by atoms with Crippen LogP contribution in [0.4, 0.5) is 0 Å². The first-order chi connectivity index (χ1) is 10.1. The summed E-state index contributed by atoms with van der Waals surface area (Å²) >= 11 is 0. The Morgan fingerprint density at radius 1 is 1.41 bits per heavy atom. The Kier molecular flexibility index (Phi) is 11.9. The molecule has 0 spiro atoms. The van der Waals surface area contributed by atoms with E-state index in [1.54, 1.807) is 13.1 Å². The third kappa shape index (κ3) is 9.59. The first-order valence-electron chi connectivity index (χ1n) is 7.21. The molecule has 1 atom stereocenters. The summed E-state index contributed by atoms with van der Waals surface area (Å²) in [6, 6.07) is 0. The van der Waals surface area contributed by atoms with Gasteiger partial charge in [0.1, 0.15) is 0 Å². The Bertz CT molecular complexity index is 437. The summed E-state index contributed by atoms with van der Waals surface area (Å²) in [6.07, 6.45) is 4.78. The van der Waals surface area contributed by atoms with E-state index in [-0.39, 0.29) is 42.4 Å². The van der Waals surface area contributed by atoms with Crippen molar-refractivity contribution in [3.05, 3.63) is 12.7 Å². The van der Waals surface area contributed by atoms with Crippen molar-refractivity contribution in [3.63, 3.8) is 0 Å². The Hall–Kier alpha value is -0.390. The lowest BCUT2D eigenvalue weighted by molar-refractivity contribution is 0.0200. The van der Waals surface area contributed by atoms with Crippen molar-refractivity contribution in [3.8, 4) is 0 Å². The maximum atomic E-state index is 11.9. The van der Waals surface area contributed by atoms with Gasteiger partial charge in [0.15, 0.2) is 5.96 Å². The second kappa shape index (κ2) is 12.1. The summed E-state index contributed by atoms with van der Waals surface area (Å²) in [5, 5.41) is 5.91. The van der Waals surface area contributed by atoms with Crippen LogP contribution >= 0.6 is 24.0 Å². The average molecular weight is 446 g/mol. The number of halogens is 1. The molecule has 22 heavy (non-hydrogen) atoms. The lowest BCUT2D eigenvalue weighted by atomic mass is 10.1. The molecular formula is C13H27IN4O3S. The minimum Gasteiger partial charge on any atom is -0.377 e. The molecule has 0 bridgehead atoms. The van der Waals surface area contributed by atoms with Gasteiger partial charge < -0.3 is 15.4 Å². The molecule has 1 aliphatic rings. The topological polar surface area (TPSA) is 91.8 Å². The zero-order chi connectivity index (χ0) is 15.6. The summed E-state index contributed by atoms with van der Waals surface area (Å²) < 4.78 is 31.8. The molecule has 0 amide bonds. The molecule has 0 aromatic carbocycles. The number of guanidine groups is 1. The summed E-state index contributed by atoms with van der Waals surface area (Å²) in [7, 11) is -1.67. The molecule has 130 valence electrons. The van der Waals surface area contributed by atoms with E-state index in [2.05, 4.69) is 26.9 Å². The van der Waals surface area contributed by atoms with Crippen molar-refractivity contribution in [1.82, 2.24) is 15.4 Å². The molecule has 1 heterocycles. The van der Waals surface area contributed by atoms with E-state index in [4.69, 9.17) is 4.74 Å². The third-order valence-corrected chi connectivity index (χ3v) is 4.45. The zero-order valence-corrected chi connectivity index (χ0v) is 16.2. The van der Waals surface area contributed by atoms with Crippen LogP contribution in [-0.2, 0) is 14.8 Å². The van der Waals surface area contributed by atoms with Gasteiger partial charge >= 0.3 is 0 Å². The van der Waals surface area contributed by atoms with Gasteiger partial charge in [-0.25, -0.2) is 13.1 Å². The van der Waals surface area contributed by atoms with Crippen LogP contribution < -0.4 is 15.4 Å². The van der Waals surface area contributed by atoms with Crippen LogP contribution in [0.3, 0.4) is 0 Å². The second-order valence-corrected chi connectivity index (χ2v) is 6.75. The van der Waals surface area contributed by atoms with Gasteiger partial charge in [-0.3, -0.25) is 4.99 Å². The second-order valence-electron chi connectivity index (χ2n) is 4.82. The number of nitrogens with one attached hydrogen (secondary N) is 3. The lowest BCUT2D eigenvalue weighted by Gasteiger charge is -2.22. The highest BCUT2D eigenvalue weighted by molar-refractivity contribution is 14.0. The maximum absolute atomic E-state index is 11.9. The molecule has 7 nitrogen and oxygen atoms in total. The fourth-order valence-corrected chi connectivity index (χ4v) is 2.91. The van der Waals surface area contributed by atoms with E-state index in [0.29, 0.717) is 19.0 Å². The number of nitrogens with zero attached hydrogens (tertiary/aromatic N) is 1. The molecule has 1 fully saturated rings. The minimum absolute atomic E-state index is 0. The SMILES string of the molecule is C=CCNC(=NC)NCCS(=O)(=O)NCC1CCCCO1.I. The average Bonchev–Trinajstić information content (AvgIpc) is 2.50. The molecule has 0 saturated carbocycles. The number of rotatable bonds is 8. The van der Waals surface area contributed by atoms with Crippen LogP contribution in [0.1, 0.15) is 19.3 Å². The van der Waals surface area contributed by atoms with E-state index in [9.17, 15) is 8.42 Å². The van der Waals surface area contributed by atoms with Crippen molar-refractivity contribution in [2.75, 3.05) is 39.0 Å². The monoisotopic (exact) mass is 446 g/mol. The van der Waals surface area contributed by atoms with E-state index >= 15 is 0 Å². The number of ether oxygens (including phenoxy) is 1. The van der Waals surface area contributed by atoms with Gasteiger partial charge in [0.2, 0.25) is 10.0 Å². The Morgan fingerprint density at radius 2 is 2.18 bits per heavy atom. The van der Waals surface area contributed by atoms with Crippen LogP contribution in [0.2, 0.25) is 0 Å². The first kappa shape index (κ1) is 21.6. The molecule has 0 radical (unpaired) electrons. The molecule has 1 saturated heterocycles. The highest BCUT2D eigenvalue weighted by atomic mass is 127. The fraction of sp³-hybridized carbons (Fsp3) is 0.769. The van der Waals surface area contributed by atoms with E-state index in [0.717, 1.165) is 25.9 Å². The highest BCUT2D eigenvalue weighted by Crippen LogP contribution is 2.11. The van der Waals surface area contributed by atoms with Crippen molar-refractivity contribution in [2.24, 2.45) is 4.99 Å². The maximum Gasteiger partial charge on any atom is 0.213 e. The molecule has 3 N–H and O–H groups in total. The van der Waals surface area contributed by atoms with Crippen LogP contribution in [0.5, 0.6) is 0 Å². The van der Waals surface area contributed by atoms with Gasteiger partial charge in [0.05, 0.1) is 11.9 Å². The van der Waals surface area contributed by atoms with E-state index in [1.807, 2.05) is 0 Å². The molecule has 0 aromatic rings. The fourth-order valence-electron chi connectivity index (χ4n) is 1.95. The predicted molar refractivity (Wildman–Crippen MR) is 100 cm³/mol. The molecule has 1 aliphatic heterocycles. The molecule has 0 aliphatic carbocycles. The zero-order valence-electron chi connectivity index (χ0n) is 13.0. The van der Waals surface area contributed by atoms with Gasteiger partial charge in [0, 0.05) is 33.3 Å². The minimum atomic E-state index is -3.30. The predicted octanol–water partition coefficient (Wildman–Crippen LogP) is 0.444. The third-order valence-electron chi connectivity index (χ3n) is 3.11. The molecule has 0 aromatic heterocycles. The van der Waals surface area contributed by atoms with Crippen LogP contribution in [0.15, 0.2) is 17.6 Å². The first-order valence-corrected chi connectivity index (χ1v) is 8.87. The summed E-state index contributed by atoms with van der Waals surface area (Å²) in [4.78, 5) is 3.98. The Balaban J connectivity index is 0.00000441. The summed E-state index contributed by atoms with van der Waals surface area (Å²) in [5.41, 5.74) is 0. The van der Waals surface area contributed by atoms with E-state index < -0.39 is 10.0 Å². The van der Waals surface area contributed by atoms with Gasteiger partial charge in [-0.15, -0.1) is 30.6 Å². The number of aliphatic imine (C=N–C) groups is 1. The van der Waals surface area contributed by atoms with E-state index in [1.165, 1.54) is 0 Å². The van der Waals surface area contributed by atoms with Gasteiger partial charge in [-0.2, -0.15) is 0 Å². The lowest BCUT2D eigenvalue weighted by Crippen LogP contribution is -2.42. The van der Waals surface area contributed by atoms with Crippen molar-refractivity contribution >= 4 is 40.0 Å². The highest BCUT2D eigenvalue weighted by Gasteiger charge is 2.17. The largest absolute Gasteiger partial charge is 0.377 e. The molecule has 9 heteroatoms. The standard InChI is InChI=1S/C13H26N4O3S.HI/c1-3-7-15-13(14-2)16-8-10-21(18,19)17-11-12-6-4-5-9-20-12;/h3,12,17H,1,4-11H2,2H3,(H2,14,15,16);1H. The number of hydrogen-bond acceptors (Lipinski definition) is 4. The van der Waals surface area contributed by atoms with Crippen molar-refractivity contribution in [1.29, 1.82) is 0 Å². The van der Waals surface area contributed by atoms with Gasteiger partial charge in [0.25, 0.3) is 0 Å². The van der Waals surface area contributed by atoms with Gasteiger partial charge in [-0.1, -0.05) is 6.08 Å². The number of sulfonamides is 1. The molecule has 1 rings (SSSR count). The van der Waals surface area contributed by atoms with Crippen LogP contribution in [-0.4, -0.2) is 59.5 Å². The van der Waals surface area contributed by atoms with Crippen LogP contribution in [0.25, 0.3) is 0 Å². The van der Waals surface area contributed by atoms with Crippen molar-refractivity contribution < 1.29 is 13.2 Å². The number of hydrogen-bond donors (Lipinski definition) is 3. The van der Waals surface area contributed by atoms with Crippen molar-refractivity contribution in [2.45, 2.75) is 25.4 Å². The molecular weight excluding hydrogens is 419 g/mol. The quantitative estimate of drug-likeness (QED) is 0.218. The Morgan fingerprint density at radius 3 is 2.77 bits per heavy atom. The summed E-state index contributed by atoms with van der Waals surface area (Å²) in [6.45, 7) is 5.53. The smallest absolute Gasteiger partial charge is 0.213 e. The van der Waals surface area contributed by atoms with Gasteiger partial charge in [-0.05, 0) is 19.3 Å². The molecule has 1 unspecified atom stereocenters. The normalized spacial score (nSPS) is 19.1. The van der Waals surface area contributed by atoms with Crippen LogP contribution in [0, 0.1) is 0 Å².